The Balaban J connectivity index is 1.78. The van der Waals surface area contributed by atoms with Crippen LogP contribution in [0.4, 0.5) is 0 Å². The Hall–Kier alpha value is -1.08. The summed E-state index contributed by atoms with van der Waals surface area (Å²) in [6, 6.07) is 3.25. The summed E-state index contributed by atoms with van der Waals surface area (Å²) >= 11 is 0. The van der Waals surface area contributed by atoms with Crippen molar-refractivity contribution in [2.75, 3.05) is 13.1 Å². The maximum atomic E-state index is 11.9. The van der Waals surface area contributed by atoms with Crippen LogP contribution in [0.1, 0.15) is 45.4 Å². The predicted molar refractivity (Wildman–Crippen MR) is 76.8 cm³/mol. The molecule has 1 saturated carbocycles. The van der Waals surface area contributed by atoms with Crippen LogP contribution in [0.5, 0.6) is 0 Å². The number of nitrogens with zero attached hydrogens (tertiary/aromatic N) is 2. The van der Waals surface area contributed by atoms with Crippen molar-refractivity contribution < 1.29 is 4.79 Å². The minimum atomic E-state index is 0.159. The second kappa shape index (κ2) is 5.73. The topological polar surface area (TPSA) is 56.1 Å². The van der Waals surface area contributed by atoms with Crippen LogP contribution in [0.2, 0.25) is 0 Å². The summed E-state index contributed by atoms with van der Waals surface area (Å²) in [6.45, 7) is 4.11. The Bertz CT molecular complexity index is 416. The molecule has 3 aliphatic rings. The van der Waals surface area contributed by atoms with Crippen molar-refractivity contribution in [1.29, 1.82) is 5.26 Å². The van der Waals surface area contributed by atoms with Crippen LogP contribution >= 0.6 is 0 Å². The van der Waals surface area contributed by atoms with Crippen LogP contribution in [0.25, 0.3) is 0 Å². The number of hydrogen-bond donors (Lipinski definition) is 1. The lowest BCUT2D eigenvalue weighted by Crippen LogP contribution is -2.54. The molecular formula is C16H25N3O. The molecule has 5 unspecified atom stereocenters. The number of carbonyl (C=O) groups is 1. The third-order valence-electron chi connectivity index (χ3n) is 5.74. The summed E-state index contributed by atoms with van der Waals surface area (Å²) in [7, 11) is 0. The van der Waals surface area contributed by atoms with Crippen LogP contribution in [-0.2, 0) is 4.79 Å². The summed E-state index contributed by atoms with van der Waals surface area (Å²) in [5, 5.41) is 12.5. The zero-order valence-electron chi connectivity index (χ0n) is 12.3. The maximum Gasteiger partial charge on any atom is 0.224 e. The SMILES string of the molecule is CCC1CCC(C#N)C(N2CCCC3C(=O)NCC32)C1. The van der Waals surface area contributed by atoms with Gasteiger partial charge in [-0.3, -0.25) is 9.69 Å². The molecule has 1 amide bonds. The molecule has 0 aromatic carbocycles. The first kappa shape index (κ1) is 13.9. The van der Waals surface area contributed by atoms with Crippen LogP contribution in [0.3, 0.4) is 0 Å². The standard InChI is InChI=1S/C16H25N3O/c1-2-11-5-6-12(9-17)14(8-11)19-7-3-4-13-15(19)10-18-16(13)20/h11-15H,2-8,10H2,1H3,(H,18,20). The quantitative estimate of drug-likeness (QED) is 0.837. The summed E-state index contributed by atoms with van der Waals surface area (Å²) in [5.74, 6) is 1.32. The third-order valence-corrected chi connectivity index (χ3v) is 5.74. The minimum Gasteiger partial charge on any atom is -0.354 e. The van der Waals surface area contributed by atoms with E-state index in [1.165, 1.54) is 12.8 Å². The lowest BCUT2D eigenvalue weighted by molar-refractivity contribution is -0.124. The van der Waals surface area contributed by atoms with E-state index in [-0.39, 0.29) is 17.7 Å². The van der Waals surface area contributed by atoms with Crippen molar-refractivity contribution in [3.05, 3.63) is 0 Å². The lowest BCUT2D eigenvalue weighted by Gasteiger charge is -2.46. The van der Waals surface area contributed by atoms with Crippen LogP contribution < -0.4 is 5.32 Å². The van der Waals surface area contributed by atoms with E-state index in [0.29, 0.717) is 12.1 Å². The minimum absolute atomic E-state index is 0.159. The van der Waals surface area contributed by atoms with Crippen LogP contribution in [0.15, 0.2) is 0 Å². The highest BCUT2D eigenvalue weighted by atomic mass is 16.2. The van der Waals surface area contributed by atoms with Gasteiger partial charge in [0.25, 0.3) is 0 Å². The van der Waals surface area contributed by atoms with Gasteiger partial charge in [0.15, 0.2) is 0 Å². The largest absolute Gasteiger partial charge is 0.354 e. The van der Waals surface area contributed by atoms with E-state index in [4.69, 9.17) is 0 Å². The molecule has 0 aromatic rings. The Morgan fingerprint density at radius 2 is 2.20 bits per heavy atom. The van der Waals surface area contributed by atoms with E-state index >= 15 is 0 Å². The first-order chi connectivity index (χ1) is 9.74. The van der Waals surface area contributed by atoms with E-state index in [9.17, 15) is 10.1 Å². The fraction of sp³-hybridized carbons (Fsp3) is 0.875. The van der Waals surface area contributed by atoms with E-state index in [0.717, 1.165) is 44.7 Å². The third kappa shape index (κ3) is 2.33. The highest BCUT2D eigenvalue weighted by Crippen LogP contribution is 2.38. The monoisotopic (exact) mass is 275 g/mol. The van der Waals surface area contributed by atoms with Gasteiger partial charge in [-0.25, -0.2) is 0 Å². The van der Waals surface area contributed by atoms with E-state index < -0.39 is 0 Å². The molecule has 2 saturated heterocycles. The fourth-order valence-electron chi connectivity index (χ4n) is 4.52. The molecule has 1 aliphatic carbocycles. The van der Waals surface area contributed by atoms with Gasteiger partial charge in [-0.15, -0.1) is 0 Å². The number of rotatable bonds is 2. The number of hydrogen-bond acceptors (Lipinski definition) is 3. The first-order valence-corrected chi connectivity index (χ1v) is 8.17. The van der Waals surface area contributed by atoms with Gasteiger partial charge in [0, 0.05) is 18.6 Å². The second-order valence-electron chi connectivity index (χ2n) is 6.69. The summed E-state index contributed by atoms with van der Waals surface area (Å²) in [6.07, 6.45) is 6.72. The Morgan fingerprint density at radius 3 is 2.95 bits per heavy atom. The maximum absolute atomic E-state index is 11.9. The van der Waals surface area contributed by atoms with Crippen molar-refractivity contribution >= 4 is 5.91 Å². The molecule has 4 nitrogen and oxygen atoms in total. The molecule has 110 valence electrons. The molecule has 4 heteroatoms. The van der Waals surface area contributed by atoms with Gasteiger partial charge in [-0.2, -0.15) is 5.26 Å². The highest BCUT2D eigenvalue weighted by Gasteiger charge is 2.45. The van der Waals surface area contributed by atoms with Gasteiger partial charge < -0.3 is 5.32 Å². The first-order valence-electron chi connectivity index (χ1n) is 8.17. The second-order valence-corrected chi connectivity index (χ2v) is 6.69. The number of carbonyl (C=O) groups excluding carboxylic acids is 1. The molecule has 20 heavy (non-hydrogen) atoms. The van der Waals surface area contributed by atoms with Gasteiger partial charge in [0.1, 0.15) is 0 Å². The normalized spacial score (nSPS) is 41.8. The molecule has 2 heterocycles. The molecule has 3 fully saturated rings. The van der Waals surface area contributed by atoms with E-state index in [1.807, 2.05) is 0 Å². The Labute approximate surface area is 121 Å². The summed E-state index contributed by atoms with van der Waals surface area (Å²) in [4.78, 5) is 14.4. The number of likely N-dealkylation sites (tertiary alicyclic amines) is 1. The molecule has 0 aromatic heterocycles. The summed E-state index contributed by atoms with van der Waals surface area (Å²) < 4.78 is 0. The molecule has 1 N–H and O–H groups in total. The van der Waals surface area contributed by atoms with Gasteiger partial charge in [-0.05, 0) is 44.6 Å². The Kier molecular flexibility index (Phi) is 3.98. The average Bonchev–Trinajstić information content (AvgIpc) is 2.88. The van der Waals surface area contributed by atoms with Crippen molar-refractivity contribution in [3.8, 4) is 6.07 Å². The molecule has 0 bridgehead atoms. The van der Waals surface area contributed by atoms with Crippen molar-refractivity contribution in [3.63, 3.8) is 0 Å². The zero-order valence-corrected chi connectivity index (χ0v) is 12.3. The predicted octanol–water partition coefficient (Wildman–Crippen LogP) is 1.92. The smallest absolute Gasteiger partial charge is 0.224 e. The molecular weight excluding hydrogens is 250 g/mol. The zero-order chi connectivity index (χ0) is 14.1. The van der Waals surface area contributed by atoms with Crippen molar-refractivity contribution in [1.82, 2.24) is 10.2 Å². The van der Waals surface area contributed by atoms with Gasteiger partial charge >= 0.3 is 0 Å². The lowest BCUT2D eigenvalue weighted by atomic mass is 9.75. The van der Waals surface area contributed by atoms with Crippen molar-refractivity contribution in [2.45, 2.75) is 57.5 Å². The molecule has 0 spiro atoms. The number of piperidine rings is 1. The van der Waals surface area contributed by atoms with Crippen molar-refractivity contribution in [2.24, 2.45) is 17.8 Å². The fourth-order valence-corrected chi connectivity index (χ4v) is 4.52. The molecule has 3 rings (SSSR count). The number of amides is 1. The summed E-state index contributed by atoms with van der Waals surface area (Å²) in [5.41, 5.74) is 0. The van der Waals surface area contributed by atoms with E-state index in [2.05, 4.69) is 23.2 Å². The number of nitriles is 1. The van der Waals surface area contributed by atoms with Gasteiger partial charge in [0.2, 0.25) is 5.91 Å². The van der Waals surface area contributed by atoms with Gasteiger partial charge in [-0.1, -0.05) is 13.3 Å². The molecule has 5 atom stereocenters. The molecule has 2 aliphatic heterocycles. The average molecular weight is 275 g/mol. The highest BCUT2D eigenvalue weighted by molar-refractivity contribution is 5.82. The number of nitrogens with one attached hydrogen (secondary N) is 1. The van der Waals surface area contributed by atoms with E-state index in [1.54, 1.807) is 0 Å². The van der Waals surface area contributed by atoms with Crippen LogP contribution in [-0.4, -0.2) is 36.0 Å². The molecule has 0 radical (unpaired) electrons. The van der Waals surface area contributed by atoms with Gasteiger partial charge in [0.05, 0.1) is 17.9 Å². The Morgan fingerprint density at radius 1 is 1.35 bits per heavy atom. The number of fused-ring (bicyclic) bond motifs is 1. The van der Waals surface area contributed by atoms with Crippen LogP contribution in [0, 0.1) is 29.1 Å².